The van der Waals surface area contributed by atoms with Crippen molar-refractivity contribution in [3.63, 3.8) is 0 Å². The molecule has 2 aliphatic heterocycles. The number of nitrogens with zero attached hydrogens (tertiary/aromatic N) is 5. The number of fused-ring (bicyclic) bond motifs is 1. The first-order valence-corrected chi connectivity index (χ1v) is 13.2. The zero-order valence-corrected chi connectivity index (χ0v) is 20.8. The lowest BCUT2D eigenvalue weighted by atomic mass is 10.2. The van der Waals surface area contributed by atoms with Gasteiger partial charge in [0.2, 0.25) is 15.9 Å². The molecule has 1 saturated heterocycles. The summed E-state index contributed by atoms with van der Waals surface area (Å²) in [6.45, 7) is 3.06. The van der Waals surface area contributed by atoms with Crippen molar-refractivity contribution in [2.24, 2.45) is 0 Å². The molecule has 2 aromatic heterocycles. The Morgan fingerprint density at radius 2 is 1.81 bits per heavy atom. The third kappa shape index (κ3) is 5.03. The van der Waals surface area contributed by atoms with Crippen molar-refractivity contribution in [1.29, 1.82) is 0 Å². The van der Waals surface area contributed by atoms with Crippen LogP contribution in [0, 0.1) is 0 Å². The van der Waals surface area contributed by atoms with Crippen molar-refractivity contribution in [2.45, 2.75) is 37.0 Å². The van der Waals surface area contributed by atoms with E-state index >= 15 is 0 Å². The van der Waals surface area contributed by atoms with Gasteiger partial charge in [0.25, 0.3) is 0 Å². The summed E-state index contributed by atoms with van der Waals surface area (Å²) in [4.78, 5) is 37.6. The molecule has 1 aromatic carbocycles. The van der Waals surface area contributed by atoms with E-state index in [1.807, 2.05) is 6.92 Å². The third-order valence-electron chi connectivity index (χ3n) is 6.08. The Labute approximate surface area is 213 Å². The van der Waals surface area contributed by atoms with E-state index in [0.717, 1.165) is 0 Å². The van der Waals surface area contributed by atoms with E-state index in [0.29, 0.717) is 49.3 Å². The normalized spacial score (nSPS) is 19.8. The molecule has 14 heteroatoms. The number of likely N-dealkylation sites (N-methyl/N-ethyl adjacent to an activating group) is 1. The van der Waals surface area contributed by atoms with E-state index in [1.165, 1.54) is 34.9 Å². The minimum Gasteiger partial charge on any atom is -0.354 e. The molecule has 3 aromatic rings. The summed E-state index contributed by atoms with van der Waals surface area (Å²) in [7, 11) is -3.59. The predicted molar refractivity (Wildman–Crippen MR) is 134 cm³/mol. The number of hydrogen-bond acceptors (Lipinski definition) is 8. The number of rotatable bonds is 7. The Morgan fingerprint density at radius 3 is 2.54 bits per heavy atom. The van der Waals surface area contributed by atoms with Crippen LogP contribution in [0.25, 0.3) is 11.2 Å². The van der Waals surface area contributed by atoms with Crippen molar-refractivity contribution in [3.8, 4) is 0 Å². The first-order valence-electron chi connectivity index (χ1n) is 11.8. The monoisotopic (exact) mass is 526 g/mol. The van der Waals surface area contributed by atoms with E-state index in [1.54, 1.807) is 23.0 Å². The number of hydrogen-bond donors (Lipinski definition) is 3. The van der Waals surface area contributed by atoms with Gasteiger partial charge >= 0.3 is 6.03 Å². The highest BCUT2D eigenvalue weighted by molar-refractivity contribution is 7.89. The lowest BCUT2D eigenvalue weighted by molar-refractivity contribution is -0.133. The van der Waals surface area contributed by atoms with Crippen LogP contribution in [0.2, 0.25) is 0 Å². The van der Waals surface area contributed by atoms with Gasteiger partial charge < -0.3 is 15.4 Å². The van der Waals surface area contributed by atoms with Gasteiger partial charge in [0.15, 0.2) is 17.0 Å². The van der Waals surface area contributed by atoms with Crippen molar-refractivity contribution in [3.05, 3.63) is 49.1 Å². The number of imidazole rings is 1. The molecular formula is C23H26N8O5S. The van der Waals surface area contributed by atoms with Gasteiger partial charge in [0.1, 0.15) is 18.7 Å². The number of ether oxygens (including phenoxy) is 1. The van der Waals surface area contributed by atoms with E-state index in [-0.39, 0.29) is 16.6 Å². The average Bonchev–Trinajstić information content (AvgIpc) is 3.65. The summed E-state index contributed by atoms with van der Waals surface area (Å²) in [5.74, 6) is 0.0435. The van der Waals surface area contributed by atoms with Crippen LogP contribution in [0.5, 0.6) is 0 Å². The Balaban J connectivity index is 1.25. The smallest absolute Gasteiger partial charge is 0.324 e. The standard InChI is InChI=1S/C23H26N8O5S/c1-2-24-22(32)17-9-10-18(36-17)31-14-27-19-20(25-13-26-21(19)31)29-23(33)28-15-5-7-16(8-6-15)37(34,35)30-11-3-4-12-30/h3-8,13-14,17-18H,2,9-12H2,1H3,(H,24,32)(H2,25,26,28,29,33)/t17-,18+/m0/s1. The molecule has 0 radical (unpaired) electrons. The fraction of sp³-hybridized carbons (Fsp3) is 0.348. The quantitative estimate of drug-likeness (QED) is 0.393. The van der Waals surface area contributed by atoms with Crippen LogP contribution in [-0.2, 0) is 19.6 Å². The second-order valence-corrected chi connectivity index (χ2v) is 10.4. The number of benzene rings is 1. The average molecular weight is 527 g/mol. The molecule has 0 aliphatic carbocycles. The molecule has 2 atom stereocenters. The summed E-state index contributed by atoms with van der Waals surface area (Å²) in [6.07, 6.45) is 6.68. The van der Waals surface area contributed by atoms with Crippen LogP contribution in [0.15, 0.2) is 54.0 Å². The Morgan fingerprint density at radius 1 is 1.05 bits per heavy atom. The Hall–Kier alpha value is -3.88. The topological polar surface area (TPSA) is 160 Å². The highest BCUT2D eigenvalue weighted by Crippen LogP contribution is 2.31. The molecule has 4 heterocycles. The van der Waals surface area contributed by atoms with Crippen LogP contribution in [-0.4, -0.2) is 69.9 Å². The van der Waals surface area contributed by atoms with Gasteiger partial charge in [-0.15, -0.1) is 0 Å². The summed E-state index contributed by atoms with van der Waals surface area (Å²) in [5, 5.41) is 8.08. The summed E-state index contributed by atoms with van der Waals surface area (Å²) >= 11 is 0. The van der Waals surface area contributed by atoms with Crippen LogP contribution in [0.3, 0.4) is 0 Å². The molecule has 0 bridgehead atoms. The number of amides is 3. The van der Waals surface area contributed by atoms with Crippen LogP contribution in [0.4, 0.5) is 16.3 Å². The molecule has 37 heavy (non-hydrogen) atoms. The van der Waals surface area contributed by atoms with Crippen molar-refractivity contribution in [2.75, 3.05) is 30.3 Å². The molecule has 1 fully saturated rings. The number of urea groups is 1. The number of sulfonamides is 1. The van der Waals surface area contributed by atoms with E-state index in [4.69, 9.17) is 4.74 Å². The maximum absolute atomic E-state index is 12.6. The largest absolute Gasteiger partial charge is 0.354 e. The highest BCUT2D eigenvalue weighted by atomic mass is 32.2. The number of anilines is 2. The van der Waals surface area contributed by atoms with E-state index in [9.17, 15) is 18.0 Å². The van der Waals surface area contributed by atoms with E-state index < -0.39 is 28.4 Å². The maximum atomic E-state index is 12.6. The lowest BCUT2D eigenvalue weighted by Crippen LogP contribution is -2.34. The molecule has 0 unspecified atom stereocenters. The van der Waals surface area contributed by atoms with Crippen molar-refractivity contribution in [1.82, 2.24) is 29.1 Å². The fourth-order valence-corrected chi connectivity index (χ4v) is 5.59. The fourth-order valence-electron chi connectivity index (χ4n) is 4.24. The zero-order valence-electron chi connectivity index (χ0n) is 20.0. The summed E-state index contributed by atoms with van der Waals surface area (Å²) in [6, 6.07) is 5.35. The molecule has 5 rings (SSSR count). The number of nitrogens with one attached hydrogen (secondary N) is 3. The molecule has 0 saturated carbocycles. The first-order chi connectivity index (χ1) is 17.9. The number of carbonyl (C=O) groups excluding carboxylic acids is 2. The SMILES string of the molecule is CCNC(=O)[C@@H]1CC[C@H](n2cnc3c(NC(=O)Nc4ccc(S(=O)(=O)N5CC=CC5)cc4)ncnc32)O1. The minimum atomic E-state index is -3.59. The second-order valence-electron chi connectivity index (χ2n) is 8.49. The Kier molecular flexibility index (Phi) is 6.86. The van der Waals surface area contributed by atoms with Gasteiger partial charge in [-0.3, -0.25) is 14.7 Å². The van der Waals surface area contributed by atoms with Crippen molar-refractivity contribution < 1.29 is 22.7 Å². The third-order valence-corrected chi connectivity index (χ3v) is 7.92. The van der Waals surface area contributed by atoms with Gasteiger partial charge in [0.05, 0.1) is 11.2 Å². The second kappa shape index (κ2) is 10.2. The molecule has 2 aliphatic rings. The first kappa shape index (κ1) is 24.8. The number of carbonyl (C=O) groups is 2. The molecule has 3 amide bonds. The summed E-state index contributed by atoms with van der Waals surface area (Å²) in [5.41, 5.74) is 1.23. The molecular weight excluding hydrogens is 500 g/mol. The minimum absolute atomic E-state index is 0.147. The van der Waals surface area contributed by atoms with Gasteiger partial charge in [-0.1, -0.05) is 12.2 Å². The summed E-state index contributed by atoms with van der Waals surface area (Å²) < 4.78 is 34.3. The highest BCUT2D eigenvalue weighted by Gasteiger charge is 2.32. The van der Waals surface area contributed by atoms with Crippen molar-refractivity contribution >= 4 is 44.6 Å². The van der Waals surface area contributed by atoms with Crippen LogP contribution in [0.1, 0.15) is 26.0 Å². The predicted octanol–water partition coefficient (Wildman–Crippen LogP) is 1.84. The Bertz CT molecular complexity index is 1450. The molecule has 3 N–H and O–H groups in total. The molecule has 194 valence electrons. The molecule has 13 nitrogen and oxygen atoms in total. The van der Waals surface area contributed by atoms with Gasteiger partial charge in [0, 0.05) is 25.3 Å². The van der Waals surface area contributed by atoms with Gasteiger partial charge in [-0.05, 0) is 44.0 Å². The lowest BCUT2D eigenvalue weighted by Gasteiger charge is -2.16. The van der Waals surface area contributed by atoms with E-state index in [2.05, 4.69) is 30.9 Å². The molecule has 0 spiro atoms. The zero-order chi connectivity index (χ0) is 26.0. The number of aromatic nitrogens is 4. The maximum Gasteiger partial charge on any atom is 0.324 e. The van der Waals surface area contributed by atoms with Crippen LogP contribution >= 0.6 is 0 Å². The van der Waals surface area contributed by atoms with Crippen LogP contribution < -0.4 is 16.0 Å². The van der Waals surface area contributed by atoms with Gasteiger partial charge in [-0.2, -0.15) is 4.31 Å². The van der Waals surface area contributed by atoms with Gasteiger partial charge in [-0.25, -0.2) is 28.2 Å².